The molecule has 1 unspecified atom stereocenters. The number of nitrogens with two attached hydrogens (primary N) is 1. The van der Waals surface area contributed by atoms with Gasteiger partial charge in [-0.2, -0.15) is 17.5 Å². The van der Waals surface area contributed by atoms with Crippen molar-refractivity contribution in [2.45, 2.75) is 37.0 Å². The lowest BCUT2D eigenvalue weighted by Crippen LogP contribution is -2.54. The van der Waals surface area contributed by atoms with Gasteiger partial charge in [0.25, 0.3) is 5.91 Å². The number of sulfonamides is 1. The van der Waals surface area contributed by atoms with Gasteiger partial charge in [0.05, 0.1) is 10.5 Å². The molecule has 9 nitrogen and oxygen atoms in total. The summed E-state index contributed by atoms with van der Waals surface area (Å²) in [6.07, 6.45) is -3.73. The normalized spacial score (nSPS) is 16.4. The van der Waals surface area contributed by atoms with Crippen molar-refractivity contribution in [3.63, 3.8) is 0 Å². The molecule has 14 heteroatoms. The number of piperazine rings is 1. The lowest BCUT2D eigenvalue weighted by Gasteiger charge is -2.39. The molecule has 0 bridgehead atoms. The van der Waals surface area contributed by atoms with Gasteiger partial charge in [0.2, 0.25) is 10.0 Å². The Morgan fingerprint density at radius 2 is 1.86 bits per heavy atom. The molecule has 1 atom stereocenters. The highest BCUT2D eigenvalue weighted by atomic mass is 35.5. The summed E-state index contributed by atoms with van der Waals surface area (Å²) in [6, 6.07) is 14.1. The number of hydrogen-bond acceptors (Lipinski definition) is 7. The number of halogens is 4. The van der Waals surface area contributed by atoms with Gasteiger partial charge in [0, 0.05) is 43.5 Å². The third-order valence-corrected chi connectivity index (χ3v) is 9.01. The zero-order valence-corrected chi connectivity index (χ0v) is 24.4. The van der Waals surface area contributed by atoms with Crippen LogP contribution in [-0.2, 0) is 22.7 Å². The Morgan fingerprint density at radius 1 is 1.12 bits per heavy atom. The Bertz CT molecular complexity index is 1510. The number of hydrogen-bond donors (Lipinski definition) is 3. The van der Waals surface area contributed by atoms with E-state index in [4.69, 9.17) is 17.3 Å². The number of aromatic nitrogens is 1. The second kappa shape index (κ2) is 13.4. The smallest absolute Gasteiger partial charge is 0.354 e. The molecule has 1 aliphatic rings. The van der Waals surface area contributed by atoms with Gasteiger partial charge in [-0.05, 0) is 80.5 Å². The van der Waals surface area contributed by atoms with Crippen LogP contribution in [0.15, 0.2) is 65.6 Å². The van der Waals surface area contributed by atoms with E-state index in [2.05, 4.69) is 15.6 Å². The summed E-state index contributed by atoms with van der Waals surface area (Å²) in [5.74, 6) is -0.297. The van der Waals surface area contributed by atoms with Crippen molar-refractivity contribution in [2.75, 3.05) is 42.9 Å². The molecule has 0 spiro atoms. The van der Waals surface area contributed by atoms with Crippen LogP contribution in [0.4, 0.5) is 24.7 Å². The van der Waals surface area contributed by atoms with Gasteiger partial charge in [-0.25, -0.2) is 13.4 Å². The van der Waals surface area contributed by atoms with E-state index in [0.717, 1.165) is 30.7 Å². The van der Waals surface area contributed by atoms with Crippen molar-refractivity contribution in [1.82, 2.24) is 14.6 Å². The third kappa shape index (κ3) is 7.78. The van der Waals surface area contributed by atoms with E-state index in [1.807, 2.05) is 6.07 Å². The summed E-state index contributed by atoms with van der Waals surface area (Å²) in [6.45, 7) is 3.94. The SMILES string of the molecule is CC1CN(c2cc(C(F)(F)F)cc(Cl)n2)CCN1S(=O)(=O)c1ccc(NC(=O)c2cccc(CNCCCN)c2)cc1. The molecule has 2 aromatic carbocycles. The Morgan fingerprint density at radius 3 is 2.52 bits per heavy atom. The Balaban J connectivity index is 1.40. The number of pyridine rings is 1. The first-order valence-corrected chi connectivity index (χ1v) is 15.1. The number of anilines is 2. The largest absolute Gasteiger partial charge is 0.416 e. The standard InChI is InChI=1S/C28H32ClF3N6O3S/c1-19-18-37(26-16-22(28(30,31)32)15-25(29)36-26)12-13-38(19)42(40,41)24-8-6-23(7-9-24)35-27(39)21-5-2-4-20(14-21)17-34-11-3-10-33/h2,4-9,14-16,19,34H,3,10-13,17-18,33H2,1H3,(H,35,39). The van der Waals surface area contributed by atoms with Crippen molar-refractivity contribution >= 4 is 39.0 Å². The average molecular weight is 625 g/mol. The summed E-state index contributed by atoms with van der Waals surface area (Å²) in [7, 11) is -3.92. The zero-order chi connectivity index (χ0) is 30.5. The summed E-state index contributed by atoms with van der Waals surface area (Å²) < 4.78 is 67.9. The number of benzene rings is 2. The van der Waals surface area contributed by atoms with Gasteiger partial charge in [-0.1, -0.05) is 23.7 Å². The molecule has 1 amide bonds. The van der Waals surface area contributed by atoms with E-state index in [9.17, 15) is 26.4 Å². The number of rotatable bonds is 10. The molecule has 4 N–H and O–H groups in total. The Kier molecular flexibility index (Phi) is 10.1. The van der Waals surface area contributed by atoms with Crippen molar-refractivity contribution in [3.05, 3.63) is 82.5 Å². The predicted octanol–water partition coefficient (Wildman–Crippen LogP) is 4.34. The maximum absolute atomic E-state index is 13.4. The van der Waals surface area contributed by atoms with E-state index in [-0.39, 0.29) is 41.4 Å². The van der Waals surface area contributed by atoms with Crippen LogP contribution in [0, 0.1) is 0 Å². The number of nitrogens with zero attached hydrogens (tertiary/aromatic N) is 3. The van der Waals surface area contributed by atoms with Gasteiger partial charge >= 0.3 is 6.18 Å². The van der Waals surface area contributed by atoms with Crippen LogP contribution >= 0.6 is 11.6 Å². The van der Waals surface area contributed by atoms with Crippen LogP contribution in [0.5, 0.6) is 0 Å². The maximum atomic E-state index is 13.4. The van der Waals surface area contributed by atoms with Crippen LogP contribution in [0.1, 0.15) is 34.8 Å². The maximum Gasteiger partial charge on any atom is 0.416 e. The van der Waals surface area contributed by atoms with E-state index < -0.39 is 27.8 Å². The molecule has 2 heterocycles. The summed E-state index contributed by atoms with van der Waals surface area (Å²) >= 11 is 5.83. The van der Waals surface area contributed by atoms with Crippen LogP contribution in [0.25, 0.3) is 0 Å². The van der Waals surface area contributed by atoms with Crippen molar-refractivity contribution in [1.29, 1.82) is 0 Å². The fourth-order valence-corrected chi connectivity index (χ4v) is 6.46. The molecule has 0 saturated carbocycles. The van der Waals surface area contributed by atoms with Gasteiger partial charge in [-0.15, -0.1) is 0 Å². The Labute approximate surface area is 247 Å². The zero-order valence-electron chi connectivity index (χ0n) is 22.9. The van der Waals surface area contributed by atoms with Gasteiger partial charge in [-0.3, -0.25) is 4.79 Å². The second-order valence-corrected chi connectivity index (χ2v) is 12.2. The molecule has 226 valence electrons. The van der Waals surface area contributed by atoms with Gasteiger partial charge < -0.3 is 21.3 Å². The number of alkyl halides is 3. The number of amides is 1. The average Bonchev–Trinajstić information content (AvgIpc) is 2.95. The molecule has 4 rings (SSSR count). The molecule has 1 saturated heterocycles. The van der Waals surface area contributed by atoms with E-state index >= 15 is 0 Å². The topological polar surface area (TPSA) is 121 Å². The first-order chi connectivity index (χ1) is 19.9. The fourth-order valence-electron chi connectivity index (χ4n) is 4.65. The van der Waals surface area contributed by atoms with Crippen molar-refractivity contribution in [3.8, 4) is 0 Å². The molecular formula is C28H32ClF3N6O3S. The highest BCUT2D eigenvalue weighted by molar-refractivity contribution is 7.89. The molecule has 42 heavy (non-hydrogen) atoms. The Hall–Kier alpha value is -3.23. The molecular weight excluding hydrogens is 593 g/mol. The van der Waals surface area contributed by atoms with E-state index in [0.29, 0.717) is 24.3 Å². The van der Waals surface area contributed by atoms with E-state index in [1.165, 1.54) is 28.6 Å². The molecule has 3 aromatic rings. The number of nitrogens with one attached hydrogen (secondary N) is 2. The highest BCUT2D eigenvalue weighted by Gasteiger charge is 2.36. The summed E-state index contributed by atoms with van der Waals surface area (Å²) in [5, 5.41) is 5.75. The predicted molar refractivity (Wildman–Crippen MR) is 156 cm³/mol. The van der Waals surface area contributed by atoms with Gasteiger partial charge in [0.1, 0.15) is 11.0 Å². The lowest BCUT2D eigenvalue weighted by molar-refractivity contribution is -0.137. The fraction of sp³-hybridized carbons (Fsp3) is 0.357. The minimum absolute atomic E-state index is 0.0339. The van der Waals surface area contributed by atoms with Crippen LogP contribution < -0.4 is 21.3 Å². The van der Waals surface area contributed by atoms with Crippen LogP contribution in [0.2, 0.25) is 5.15 Å². The molecule has 0 radical (unpaired) electrons. The van der Waals surface area contributed by atoms with Crippen LogP contribution in [0.3, 0.4) is 0 Å². The van der Waals surface area contributed by atoms with E-state index in [1.54, 1.807) is 30.0 Å². The summed E-state index contributed by atoms with van der Waals surface area (Å²) in [4.78, 5) is 18.4. The molecule has 0 aliphatic carbocycles. The lowest BCUT2D eigenvalue weighted by atomic mass is 10.1. The first-order valence-electron chi connectivity index (χ1n) is 13.3. The number of carbonyl (C=O) groups excluding carboxylic acids is 1. The van der Waals surface area contributed by atoms with Crippen molar-refractivity contribution in [2.24, 2.45) is 5.73 Å². The third-order valence-electron chi connectivity index (χ3n) is 6.79. The highest BCUT2D eigenvalue weighted by Crippen LogP contribution is 2.34. The summed E-state index contributed by atoms with van der Waals surface area (Å²) in [5.41, 5.74) is 6.42. The quantitative estimate of drug-likeness (QED) is 0.227. The minimum atomic E-state index is -4.59. The van der Waals surface area contributed by atoms with Crippen molar-refractivity contribution < 1.29 is 26.4 Å². The second-order valence-electron chi connectivity index (χ2n) is 9.94. The first kappa shape index (κ1) is 31.7. The van der Waals surface area contributed by atoms with Gasteiger partial charge in [0.15, 0.2) is 0 Å². The monoisotopic (exact) mass is 624 g/mol. The molecule has 1 aromatic heterocycles. The molecule has 1 fully saturated rings. The number of carbonyl (C=O) groups is 1. The minimum Gasteiger partial charge on any atom is -0.354 e. The van der Waals surface area contributed by atoms with Crippen LogP contribution in [-0.4, -0.2) is 62.4 Å². The molecule has 1 aliphatic heterocycles.